The summed E-state index contributed by atoms with van der Waals surface area (Å²) in [4.78, 5) is 35.9. The van der Waals surface area contributed by atoms with Gasteiger partial charge in [0.25, 0.3) is 0 Å². The van der Waals surface area contributed by atoms with Crippen molar-refractivity contribution in [2.75, 3.05) is 12.3 Å². The van der Waals surface area contributed by atoms with Crippen molar-refractivity contribution in [3.05, 3.63) is 12.4 Å². The second-order valence-corrected chi connectivity index (χ2v) is 15.0. The van der Waals surface area contributed by atoms with E-state index in [-0.39, 0.29) is 35.2 Å². The van der Waals surface area contributed by atoms with Gasteiger partial charge in [0.05, 0.1) is 17.0 Å². The number of rotatable bonds is 8. The molecule has 0 spiro atoms. The molecule has 2 atom stereocenters. The number of likely N-dealkylation sites (tertiary alicyclic amines) is 1. The van der Waals surface area contributed by atoms with Gasteiger partial charge in [-0.1, -0.05) is 13.8 Å². The second kappa shape index (κ2) is 11.9. The minimum absolute atomic E-state index is 0.179. The molecular formula is C27H45BN4O7S. The third kappa shape index (κ3) is 7.73. The SMILES string of the molecule is CC(C)C(NC(=O)OC(C)(C)C)C(=O)N1CCCCC1CCS(=O)(=O)c1ncc(B2OC(C)(C)C(C)(C)O2)cn1. The van der Waals surface area contributed by atoms with E-state index in [1.165, 1.54) is 12.4 Å². The Balaban J connectivity index is 1.67. The summed E-state index contributed by atoms with van der Waals surface area (Å²) in [5, 5.41) is 2.45. The van der Waals surface area contributed by atoms with Gasteiger partial charge in [-0.2, -0.15) is 0 Å². The Bertz CT molecular complexity index is 1150. The molecule has 13 heteroatoms. The van der Waals surface area contributed by atoms with Crippen molar-refractivity contribution in [3.8, 4) is 0 Å². The number of nitrogens with one attached hydrogen (secondary N) is 1. The fourth-order valence-electron chi connectivity index (χ4n) is 4.69. The third-order valence-electron chi connectivity index (χ3n) is 7.69. The van der Waals surface area contributed by atoms with Crippen LogP contribution in [0.5, 0.6) is 0 Å². The zero-order chi connectivity index (χ0) is 30.1. The van der Waals surface area contributed by atoms with Crippen molar-refractivity contribution in [1.82, 2.24) is 20.2 Å². The summed E-state index contributed by atoms with van der Waals surface area (Å²) in [7, 11) is -4.49. The molecule has 1 aromatic rings. The normalized spacial score (nSPS) is 21.8. The minimum Gasteiger partial charge on any atom is -0.444 e. The maximum atomic E-state index is 13.6. The van der Waals surface area contributed by atoms with E-state index in [2.05, 4.69) is 15.3 Å². The first kappa shape index (κ1) is 32.3. The van der Waals surface area contributed by atoms with E-state index in [1.54, 1.807) is 25.7 Å². The highest BCUT2D eigenvalue weighted by Crippen LogP contribution is 2.36. The van der Waals surface area contributed by atoms with E-state index in [9.17, 15) is 18.0 Å². The molecule has 1 aromatic heterocycles. The number of aromatic nitrogens is 2. The maximum absolute atomic E-state index is 13.6. The van der Waals surface area contributed by atoms with Crippen LogP contribution in [-0.2, 0) is 28.7 Å². The number of piperidine rings is 1. The highest BCUT2D eigenvalue weighted by Gasteiger charge is 2.52. The molecule has 224 valence electrons. The van der Waals surface area contributed by atoms with Crippen LogP contribution in [0.25, 0.3) is 0 Å². The van der Waals surface area contributed by atoms with E-state index >= 15 is 0 Å². The average Bonchev–Trinajstić information content (AvgIpc) is 3.06. The highest BCUT2D eigenvalue weighted by molar-refractivity contribution is 7.91. The van der Waals surface area contributed by atoms with E-state index in [0.717, 1.165) is 12.8 Å². The molecular weight excluding hydrogens is 535 g/mol. The van der Waals surface area contributed by atoms with E-state index < -0.39 is 45.9 Å². The molecule has 0 radical (unpaired) electrons. The van der Waals surface area contributed by atoms with Crippen LogP contribution in [0.4, 0.5) is 4.79 Å². The molecule has 3 rings (SSSR count). The molecule has 11 nitrogen and oxygen atoms in total. The first-order chi connectivity index (χ1) is 18.3. The quantitative estimate of drug-likeness (QED) is 0.364. The van der Waals surface area contributed by atoms with Gasteiger partial charge < -0.3 is 24.3 Å². The molecule has 0 aromatic carbocycles. The topological polar surface area (TPSA) is 137 Å². The van der Waals surface area contributed by atoms with Crippen LogP contribution in [0, 0.1) is 5.92 Å². The number of nitrogens with zero attached hydrogens (tertiary/aromatic N) is 3. The lowest BCUT2D eigenvalue weighted by molar-refractivity contribution is -0.138. The van der Waals surface area contributed by atoms with Crippen LogP contribution in [0.15, 0.2) is 17.6 Å². The highest BCUT2D eigenvalue weighted by atomic mass is 32.2. The first-order valence-electron chi connectivity index (χ1n) is 14.0. The lowest BCUT2D eigenvalue weighted by Crippen LogP contribution is -2.56. The number of alkyl carbamates (subject to hydrolysis) is 1. The maximum Gasteiger partial charge on any atom is 0.498 e. The number of ether oxygens (including phenoxy) is 1. The van der Waals surface area contributed by atoms with Gasteiger partial charge in [-0.3, -0.25) is 4.79 Å². The molecule has 2 aliphatic heterocycles. The number of carbonyl (C=O) groups excluding carboxylic acids is 2. The average molecular weight is 581 g/mol. The standard InChI is InChI=1S/C27H45BN4O7S/c1-18(2)21(31-24(34)37-25(3,4)5)22(33)32-14-11-10-12-20(32)13-15-40(35,36)23-29-16-19(17-30-23)28-38-26(6,7)27(8,9)39-28/h16-18,20-21H,10-15H2,1-9H3,(H,31,34). The largest absolute Gasteiger partial charge is 0.498 e. The molecule has 2 fully saturated rings. The minimum atomic E-state index is -3.80. The lowest BCUT2D eigenvalue weighted by Gasteiger charge is -2.39. The summed E-state index contributed by atoms with van der Waals surface area (Å²) in [5.74, 6) is -0.614. The van der Waals surface area contributed by atoms with Gasteiger partial charge in [-0.25, -0.2) is 23.2 Å². The molecule has 2 amide bonds. The predicted octanol–water partition coefficient (Wildman–Crippen LogP) is 2.87. The zero-order valence-electron chi connectivity index (χ0n) is 25.3. The number of carbonyl (C=O) groups is 2. The van der Waals surface area contributed by atoms with Crippen LogP contribution >= 0.6 is 0 Å². The monoisotopic (exact) mass is 580 g/mol. The Morgan fingerprint density at radius 2 is 1.70 bits per heavy atom. The Morgan fingerprint density at radius 1 is 1.12 bits per heavy atom. The van der Waals surface area contributed by atoms with Gasteiger partial charge in [0.2, 0.25) is 20.9 Å². The van der Waals surface area contributed by atoms with Crippen molar-refractivity contribution in [1.29, 1.82) is 0 Å². The Hall–Kier alpha value is -2.25. The molecule has 40 heavy (non-hydrogen) atoms. The van der Waals surface area contributed by atoms with Crippen LogP contribution in [0.3, 0.4) is 0 Å². The Labute approximate surface area is 239 Å². The van der Waals surface area contributed by atoms with E-state index in [1.807, 2.05) is 41.5 Å². The predicted molar refractivity (Wildman–Crippen MR) is 152 cm³/mol. The van der Waals surface area contributed by atoms with Gasteiger partial charge in [0, 0.05) is 30.4 Å². The van der Waals surface area contributed by atoms with Crippen LogP contribution < -0.4 is 10.8 Å². The van der Waals surface area contributed by atoms with Gasteiger partial charge in [-0.05, 0) is 80.1 Å². The number of hydrogen-bond donors (Lipinski definition) is 1. The van der Waals surface area contributed by atoms with Gasteiger partial charge in [-0.15, -0.1) is 0 Å². The van der Waals surface area contributed by atoms with Crippen LogP contribution in [-0.4, -0.2) is 83.6 Å². The Morgan fingerprint density at radius 3 is 2.23 bits per heavy atom. The zero-order valence-corrected chi connectivity index (χ0v) is 26.1. The van der Waals surface area contributed by atoms with Crippen molar-refractivity contribution >= 4 is 34.4 Å². The fourth-order valence-corrected chi connectivity index (χ4v) is 5.88. The van der Waals surface area contributed by atoms with Crippen molar-refractivity contribution in [2.45, 2.75) is 122 Å². The van der Waals surface area contributed by atoms with E-state index in [0.29, 0.717) is 18.4 Å². The molecule has 2 saturated heterocycles. The smallest absolute Gasteiger partial charge is 0.444 e. The summed E-state index contributed by atoms with van der Waals surface area (Å²) in [6.45, 7) is 17.2. The van der Waals surface area contributed by atoms with Gasteiger partial charge in [0.15, 0.2) is 0 Å². The molecule has 2 unspecified atom stereocenters. The van der Waals surface area contributed by atoms with Crippen LogP contribution in [0.1, 0.15) is 88.0 Å². The number of amides is 2. The first-order valence-corrected chi connectivity index (χ1v) is 15.7. The molecule has 0 aliphatic carbocycles. The number of sulfone groups is 1. The third-order valence-corrected chi connectivity index (χ3v) is 9.23. The summed E-state index contributed by atoms with van der Waals surface area (Å²) >= 11 is 0. The Kier molecular flexibility index (Phi) is 9.63. The van der Waals surface area contributed by atoms with Crippen LogP contribution in [0.2, 0.25) is 0 Å². The number of hydrogen-bond acceptors (Lipinski definition) is 9. The molecule has 3 heterocycles. The molecule has 1 N–H and O–H groups in total. The summed E-state index contributed by atoms with van der Waals surface area (Å²) in [6.07, 6.45) is 4.82. The van der Waals surface area contributed by atoms with Crippen molar-refractivity contribution in [3.63, 3.8) is 0 Å². The van der Waals surface area contributed by atoms with Gasteiger partial charge in [0.1, 0.15) is 11.6 Å². The fraction of sp³-hybridized carbons (Fsp3) is 0.778. The van der Waals surface area contributed by atoms with Crippen molar-refractivity contribution < 1.29 is 32.1 Å². The summed E-state index contributed by atoms with van der Waals surface area (Å²) < 4.78 is 43.6. The van der Waals surface area contributed by atoms with E-state index in [4.69, 9.17) is 14.0 Å². The summed E-state index contributed by atoms with van der Waals surface area (Å²) in [6, 6.07) is -1.06. The molecule has 0 saturated carbocycles. The molecule has 2 aliphatic rings. The van der Waals surface area contributed by atoms with Crippen molar-refractivity contribution in [2.24, 2.45) is 5.92 Å². The molecule has 0 bridgehead atoms. The second-order valence-electron chi connectivity index (χ2n) is 13.0. The lowest BCUT2D eigenvalue weighted by atomic mass is 9.81. The summed E-state index contributed by atoms with van der Waals surface area (Å²) in [5.41, 5.74) is -1.23. The van der Waals surface area contributed by atoms with Gasteiger partial charge >= 0.3 is 13.2 Å².